The molecule has 1 saturated heterocycles. The zero-order valence-corrected chi connectivity index (χ0v) is 10.1. The van der Waals surface area contributed by atoms with Crippen molar-refractivity contribution in [2.75, 3.05) is 13.1 Å². The lowest BCUT2D eigenvalue weighted by molar-refractivity contribution is -0.130. The molecule has 1 heterocycles. The quantitative estimate of drug-likeness (QED) is 0.666. The van der Waals surface area contributed by atoms with Crippen LogP contribution in [0, 0.1) is 17.3 Å². The molecule has 82 valence electrons. The van der Waals surface area contributed by atoms with Crippen molar-refractivity contribution in [2.24, 2.45) is 17.3 Å². The van der Waals surface area contributed by atoms with Gasteiger partial charge in [-0.15, -0.1) is 0 Å². The highest BCUT2D eigenvalue weighted by atomic mass is 16.2. The maximum Gasteiger partial charge on any atom is 0.222 e. The van der Waals surface area contributed by atoms with Gasteiger partial charge in [0.25, 0.3) is 0 Å². The van der Waals surface area contributed by atoms with E-state index in [0.29, 0.717) is 29.6 Å². The number of hydrogen-bond donors (Lipinski definition) is 0. The highest BCUT2D eigenvalue weighted by Crippen LogP contribution is 2.39. The summed E-state index contributed by atoms with van der Waals surface area (Å²) in [6, 6.07) is 0. The SMILES string of the molecule is CCC(=O)N1CC(C(C)C)C(C)(C)C1. The van der Waals surface area contributed by atoms with Crippen molar-refractivity contribution in [1.29, 1.82) is 0 Å². The molecule has 0 bridgehead atoms. The van der Waals surface area contributed by atoms with Gasteiger partial charge in [-0.2, -0.15) is 0 Å². The first kappa shape index (κ1) is 11.5. The number of rotatable bonds is 2. The highest BCUT2D eigenvalue weighted by molar-refractivity contribution is 5.76. The van der Waals surface area contributed by atoms with Gasteiger partial charge in [0.1, 0.15) is 0 Å². The van der Waals surface area contributed by atoms with Crippen LogP contribution in [-0.2, 0) is 4.79 Å². The molecule has 1 rings (SSSR count). The van der Waals surface area contributed by atoms with Crippen molar-refractivity contribution in [2.45, 2.75) is 41.0 Å². The number of hydrogen-bond acceptors (Lipinski definition) is 1. The Labute approximate surface area is 87.7 Å². The molecule has 1 atom stereocenters. The van der Waals surface area contributed by atoms with Crippen molar-refractivity contribution in [3.63, 3.8) is 0 Å². The van der Waals surface area contributed by atoms with Gasteiger partial charge in [0, 0.05) is 19.5 Å². The molecule has 1 amide bonds. The van der Waals surface area contributed by atoms with Crippen LogP contribution in [0.3, 0.4) is 0 Å². The lowest BCUT2D eigenvalue weighted by Crippen LogP contribution is -2.29. The molecular weight excluding hydrogens is 174 g/mol. The summed E-state index contributed by atoms with van der Waals surface area (Å²) < 4.78 is 0. The summed E-state index contributed by atoms with van der Waals surface area (Å²) in [7, 11) is 0. The van der Waals surface area contributed by atoms with E-state index < -0.39 is 0 Å². The molecule has 2 heteroatoms. The first-order valence-corrected chi connectivity index (χ1v) is 5.66. The molecule has 0 N–H and O–H groups in total. The Balaban J connectivity index is 2.71. The van der Waals surface area contributed by atoms with Gasteiger partial charge in [0.05, 0.1) is 0 Å². The molecule has 1 aliphatic heterocycles. The van der Waals surface area contributed by atoms with Gasteiger partial charge in [0.2, 0.25) is 5.91 Å². The van der Waals surface area contributed by atoms with Crippen LogP contribution in [0.2, 0.25) is 0 Å². The minimum absolute atomic E-state index is 0.291. The van der Waals surface area contributed by atoms with Crippen LogP contribution in [0.1, 0.15) is 41.0 Å². The lowest BCUT2D eigenvalue weighted by atomic mass is 9.76. The van der Waals surface area contributed by atoms with Crippen LogP contribution in [-0.4, -0.2) is 23.9 Å². The Morgan fingerprint density at radius 3 is 2.43 bits per heavy atom. The first-order valence-electron chi connectivity index (χ1n) is 5.66. The van der Waals surface area contributed by atoms with Gasteiger partial charge < -0.3 is 4.90 Å². The Kier molecular flexibility index (Phi) is 3.23. The Bertz CT molecular complexity index is 220. The summed E-state index contributed by atoms with van der Waals surface area (Å²) in [6.07, 6.45) is 0.640. The largest absolute Gasteiger partial charge is 0.342 e. The minimum Gasteiger partial charge on any atom is -0.342 e. The number of amides is 1. The third-order valence-electron chi connectivity index (χ3n) is 3.48. The van der Waals surface area contributed by atoms with Crippen LogP contribution < -0.4 is 0 Å². The Morgan fingerprint density at radius 1 is 1.50 bits per heavy atom. The number of carbonyl (C=O) groups is 1. The summed E-state index contributed by atoms with van der Waals surface area (Å²) in [5, 5.41) is 0. The average molecular weight is 197 g/mol. The molecule has 0 spiro atoms. The van der Waals surface area contributed by atoms with Crippen LogP contribution in [0.15, 0.2) is 0 Å². The predicted octanol–water partition coefficient (Wildman–Crippen LogP) is 2.54. The smallest absolute Gasteiger partial charge is 0.222 e. The predicted molar refractivity (Wildman–Crippen MR) is 59.0 cm³/mol. The van der Waals surface area contributed by atoms with Crippen LogP contribution in [0.4, 0.5) is 0 Å². The molecule has 0 aromatic carbocycles. The summed E-state index contributed by atoms with van der Waals surface area (Å²) in [5.74, 6) is 1.62. The monoisotopic (exact) mass is 197 g/mol. The molecule has 1 fully saturated rings. The van der Waals surface area contributed by atoms with Gasteiger partial charge in [-0.1, -0.05) is 34.6 Å². The number of carbonyl (C=O) groups excluding carboxylic acids is 1. The van der Waals surface area contributed by atoms with Gasteiger partial charge >= 0.3 is 0 Å². The molecule has 0 radical (unpaired) electrons. The average Bonchev–Trinajstić information content (AvgIpc) is 2.40. The Morgan fingerprint density at radius 2 is 2.07 bits per heavy atom. The van der Waals surface area contributed by atoms with Crippen molar-refractivity contribution in [3.05, 3.63) is 0 Å². The molecule has 0 aromatic heterocycles. The van der Waals surface area contributed by atoms with Crippen molar-refractivity contribution >= 4 is 5.91 Å². The molecular formula is C12H23NO. The van der Waals surface area contributed by atoms with Crippen LogP contribution in [0.5, 0.6) is 0 Å². The van der Waals surface area contributed by atoms with E-state index >= 15 is 0 Å². The molecule has 14 heavy (non-hydrogen) atoms. The second-order valence-corrected chi connectivity index (χ2v) is 5.47. The second-order valence-electron chi connectivity index (χ2n) is 5.47. The number of nitrogens with zero attached hydrogens (tertiary/aromatic N) is 1. The fraction of sp³-hybridized carbons (Fsp3) is 0.917. The zero-order valence-electron chi connectivity index (χ0n) is 10.1. The van der Waals surface area contributed by atoms with Crippen molar-refractivity contribution in [3.8, 4) is 0 Å². The van der Waals surface area contributed by atoms with Gasteiger partial charge in [-0.3, -0.25) is 4.79 Å². The maximum absolute atomic E-state index is 11.6. The molecule has 0 aromatic rings. The fourth-order valence-electron chi connectivity index (χ4n) is 2.69. The van der Waals surface area contributed by atoms with E-state index in [1.54, 1.807) is 0 Å². The van der Waals surface area contributed by atoms with Gasteiger partial charge in [-0.25, -0.2) is 0 Å². The topological polar surface area (TPSA) is 20.3 Å². The zero-order chi connectivity index (χ0) is 10.9. The van der Waals surface area contributed by atoms with Gasteiger partial charge in [0.15, 0.2) is 0 Å². The van der Waals surface area contributed by atoms with Crippen LogP contribution in [0.25, 0.3) is 0 Å². The molecule has 0 aliphatic carbocycles. The summed E-state index contributed by atoms with van der Waals surface area (Å²) in [6.45, 7) is 12.9. The Hall–Kier alpha value is -0.530. The van der Waals surface area contributed by atoms with Gasteiger partial charge in [-0.05, 0) is 17.3 Å². The van der Waals surface area contributed by atoms with E-state index in [0.717, 1.165) is 13.1 Å². The van der Waals surface area contributed by atoms with E-state index in [1.165, 1.54) is 0 Å². The van der Waals surface area contributed by atoms with Crippen molar-refractivity contribution in [1.82, 2.24) is 4.90 Å². The van der Waals surface area contributed by atoms with E-state index in [2.05, 4.69) is 27.7 Å². The van der Waals surface area contributed by atoms with Crippen LogP contribution >= 0.6 is 0 Å². The second kappa shape index (κ2) is 3.92. The fourth-order valence-corrected chi connectivity index (χ4v) is 2.69. The van der Waals surface area contributed by atoms with E-state index in [-0.39, 0.29) is 0 Å². The maximum atomic E-state index is 11.6. The standard InChI is InChI=1S/C12H23NO/c1-6-11(14)13-7-10(9(2)3)12(4,5)8-13/h9-10H,6-8H2,1-5H3. The van der Waals surface area contributed by atoms with E-state index in [4.69, 9.17) is 0 Å². The molecule has 2 nitrogen and oxygen atoms in total. The molecule has 1 aliphatic rings. The van der Waals surface area contributed by atoms with E-state index in [1.807, 2.05) is 11.8 Å². The number of likely N-dealkylation sites (tertiary alicyclic amines) is 1. The summed E-state index contributed by atoms with van der Waals surface area (Å²) in [4.78, 5) is 13.6. The summed E-state index contributed by atoms with van der Waals surface area (Å²) in [5.41, 5.74) is 0.291. The molecule has 0 saturated carbocycles. The minimum atomic E-state index is 0.291. The van der Waals surface area contributed by atoms with Crippen molar-refractivity contribution < 1.29 is 4.79 Å². The molecule has 1 unspecified atom stereocenters. The third-order valence-corrected chi connectivity index (χ3v) is 3.48. The highest BCUT2D eigenvalue weighted by Gasteiger charge is 2.41. The normalized spacial score (nSPS) is 25.9. The first-order chi connectivity index (χ1) is 6.38. The third kappa shape index (κ3) is 2.10. The van der Waals surface area contributed by atoms with E-state index in [9.17, 15) is 4.79 Å². The lowest BCUT2D eigenvalue weighted by Gasteiger charge is -2.28. The summed E-state index contributed by atoms with van der Waals surface area (Å²) >= 11 is 0.